The van der Waals surface area contributed by atoms with E-state index in [-0.39, 0.29) is 23.4 Å². The number of anilines is 2. The van der Waals surface area contributed by atoms with Crippen LogP contribution in [0.5, 0.6) is 0 Å². The Hall–Kier alpha value is -2.76. The largest absolute Gasteiger partial charge is 0.348 e. The van der Waals surface area contributed by atoms with Crippen molar-refractivity contribution in [2.24, 2.45) is 0 Å². The minimum atomic E-state index is -0.239. The van der Waals surface area contributed by atoms with Crippen LogP contribution in [0, 0.1) is 0 Å². The van der Waals surface area contributed by atoms with Crippen molar-refractivity contribution in [3.63, 3.8) is 0 Å². The lowest BCUT2D eigenvalue weighted by Crippen LogP contribution is -2.32. The number of amides is 1. The molecule has 0 aliphatic rings. The summed E-state index contributed by atoms with van der Waals surface area (Å²) in [6.45, 7) is 5.45. The van der Waals surface area contributed by atoms with Gasteiger partial charge >= 0.3 is 0 Å². The Morgan fingerprint density at radius 1 is 1.17 bits per heavy atom. The molecule has 1 aromatic carbocycles. The summed E-state index contributed by atoms with van der Waals surface area (Å²) < 4.78 is 0. The van der Waals surface area contributed by atoms with Gasteiger partial charge in [-0.3, -0.25) is 9.59 Å². The van der Waals surface area contributed by atoms with Gasteiger partial charge in [0.05, 0.1) is 0 Å². The second kappa shape index (κ2) is 7.49. The molecule has 6 heteroatoms. The first kappa shape index (κ1) is 16.6. The molecule has 1 atom stereocenters. The molecule has 2 N–H and O–H groups in total. The van der Waals surface area contributed by atoms with E-state index in [1.807, 2.05) is 19.9 Å². The van der Waals surface area contributed by atoms with E-state index < -0.39 is 0 Å². The molecule has 0 saturated heterocycles. The Bertz CT molecular complexity index is 698. The molecule has 0 saturated carbocycles. The Kier molecular flexibility index (Phi) is 5.41. The lowest BCUT2D eigenvalue weighted by atomic mass is 10.1. The topological polar surface area (TPSA) is 84.0 Å². The second-order valence-electron chi connectivity index (χ2n) is 5.35. The van der Waals surface area contributed by atoms with Crippen molar-refractivity contribution in [2.45, 2.75) is 33.2 Å². The van der Waals surface area contributed by atoms with Gasteiger partial charge in [-0.05, 0) is 44.5 Å². The molecule has 1 unspecified atom stereocenters. The molecule has 1 heterocycles. The van der Waals surface area contributed by atoms with E-state index in [0.29, 0.717) is 11.4 Å². The van der Waals surface area contributed by atoms with Crippen LogP contribution in [-0.4, -0.2) is 27.9 Å². The van der Waals surface area contributed by atoms with Crippen molar-refractivity contribution in [3.8, 4) is 0 Å². The number of hydrogen-bond acceptors (Lipinski definition) is 5. The van der Waals surface area contributed by atoms with Gasteiger partial charge in [-0.2, -0.15) is 0 Å². The van der Waals surface area contributed by atoms with Crippen LogP contribution >= 0.6 is 0 Å². The Balaban J connectivity index is 2.07. The molecule has 120 valence electrons. The monoisotopic (exact) mass is 312 g/mol. The zero-order valence-electron chi connectivity index (χ0n) is 13.5. The highest BCUT2D eigenvalue weighted by molar-refractivity contribution is 5.95. The maximum Gasteiger partial charge on any atom is 0.272 e. The Morgan fingerprint density at radius 2 is 1.96 bits per heavy atom. The number of rotatable bonds is 6. The third-order valence-electron chi connectivity index (χ3n) is 3.43. The molecule has 23 heavy (non-hydrogen) atoms. The quantitative estimate of drug-likeness (QED) is 0.801. The summed E-state index contributed by atoms with van der Waals surface area (Å²) in [6.07, 6.45) is 0.852. The molecule has 1 amide bonds. The van der Waals surface area contributed by atoms with E-state index in [9.17, 15) is 9.59 Å². The zero-order chi connectivity index (χ0) is 16.8. The average Bonchev–Trinajstić information content (AvgIpc) is 2.55. The predicted molar refractivity (Wildman–Crippen MR) is 89.0 cm³/mol. The van der Waals surface area contributed by atoms with Crippen LogP contribution in [0.4, 0.5) is 11.5 Å². The summed E-state index contributed by atoms with van der Waals surface area (Å²) in [6, 6.07) is 10.5. The summed E-state index contributed by atoms with van der Waals surface area (Å²) in [5.74, 6) is 0.263. The fourth-order valence-corrected chi connectivity index (χ4v) is 1.88. The molecule has 0 spiro atoms. The van der Waals surface area contributed by atoms with Crippen LogP contribution in [0.15, 0.2) is 36.4 Å². The summed E-state index contributed by atoms with van der Waals surface area (Å²) in [4.78, 5) is 23.3. The molecule has 0 fully saturated rings. The molecule has 6 nitrogen and oxygen atoms in total. The van der Waals surface area contributed by atoms with E-state index in [4.69, 9.17) is 0 Å². The minimum absolute atomic E-state index is 0.00297. The van der Waals surface area contributed by atoms with Crippen LogP contribution in [0.25, 0.3) is 0 Å². The third kappa shape index (κ3) is 4.60. The first-order valence-electron chi connectivity index (χ1n) is 7.52. The van der Waals surface area contributed by atoms with Gasteiger partial charge in [0.2, 0.25) is 0 Å². The van der Waals surface area contributed by atoms with Crippen LogP contribution in [-0.2, 0) is 0 Å². The normalized spacial score (nSPS) is 11.6. The lowest BCUT2D eigenvalue weighted by molar-refractivity contribution is 0.0932. The second-order valence-corrected chi connectivity index (χ2v) is 5.35. The number of ketones is 1. The number of nitrogens with zero attached hydrogens (tertiary/aromatic N) is 2. The van der Waals surface area contributed by atoms with E-state index in [1.165, 1.54) is 6.92 Å². The molecular formula is C17H20N4O2. The molecule has 0 radical (unpaired) electrons. The van der Waals surface area contributed by atoms with Crippen molar-refractivity contribution in [1.29, 1.82) is 0 Å². The fourth-order valence-electron chi connectivity index (χ4n) is 1.88. The Morgan fingerprint density at radius 3 is 2.57 bits per heavy atom. The van der Waals surface area contributed by atoms with Gasteiger partial charge in [-0.1, -0.05) is 19.1 Å². The molecule has 2 rings (SSSR count). The average molecular weight is 312 g/mol. The van der Waals surface area contributed by atoms with Crippen LogP contribution < -0.4 is 10.6 Å². The number of aromatic nitrogens is 2. The van der Waals surface area contributed by atoms with Gasteiger partial charge in [0.15, 0.2) is 17.3 Å². The van der Waals surface area contributed by atoms with Gasteiger partial charge in [-0.15, -0.1) is 10.2 Å². The SMILES string of the molecule is CCC(C)NC(=O)c1ccc(Nc2cccc(C(C)=O)c2)nn1. The molecule has 2 aromatic rings. The van der Waals surface area contributed by atoms with Crippen molar-refractivity contribution >= 4 is 23.2 Å². The molecule has 0 aliphatic carbocycles. The fraction of sp³-hybridized carbons (Fsp3) is 0.294. The van der Waals surface area contributed by atoms with E-state index in [1.54, 1.807) is 30.3 Å². The molecule has 0 aliphatic heterocycles. The van der Waals surface area contributed by atoms with Gasteiger partial charge < -0.3 is 10.6 Å². The number of nitrogens with one attached hydrogen (secondary N) is 2. The van der Waals surface area contributed by atoms with E-state index in [0.717, 1.165) is 12.1 Å². The third-order valence-corrected chi connectivity index (χ3v) is 3.43. The molecule has 1 aromatic heterocycles. The predicted octanol–water partition coefficient (Wildman–Crippen LogP) is 2.95. The highest BCUT2D eigenvalue weighted by Gasteiger charge is 2.10. The lowest BCUT2D eigenvalue weighted by Gasteiger charge is -2.11. The number of benzene rings is 1. The smallest absolute Gasteiger partial charge is 0.272 e. The maximum atomic E-state index is 11.9. The highest BCUT2D eigenvalue weighted by Crippen LogP contribution is 2.16. The summed E-state index contributed by atoms with van der Waals surface area (Å²) in [5, 5.41) is 13.8. The minimum Gasteiger partial charge on any atom is -0.348 e. The summed E-state index contributed by atoms with van der Waals surface area (Å²) in [5.41, 5.74) is 1.63. The summed E-state index contributed by atoms with van der Waals surface area (Å²) in [7, 11) is 0. The van der Waals surface area contributed by atoms with Crippen LogP contribution in [0.3, 0.4) is 0 Å². The standard InChI is InChI=1S/C17H20N4O2/c1-4-11(2)18-17(23)15-8-9-16(21-20-15)19-14-7-5-6-13(10-14)12(3)22/h5-11H,4H2,1-3H3,(H,18,23)(H,19,21). The van der Waals surface area contributed by atoms with E-state index >= 15 is 0 Å². The zero-order valence-corrected chi connectivity index (χ0v) is 13.5. The number of Topliss-reactive ketones (excluding diaryl/α,β-unsaturated/α-hetero) is 1. The number of hydrogen-bond donors (Lipinski definition) is 2. The van der Waals surface area contributed by atoms with Gasteiger partial charge in [0.1, 0.15) is 0 Å². The molecule has 0 bridgehead atoms. The van der Waals surface area contributed by atoms with Gasteiger partial charge in [0.25, 0.3) is 5.91 Å². The Labute approximate surface area is 135 Å². The first-order chi connectivity index (χ1) is 11.0. The maximum absolute atomic E-state index is 11.9. The van der Waals surface area contributed by atoms with Crippen molar-refractivity contribution in [1.82, 2.24) is 15.5 Å². The van der Waals surface area contributed by atoms with Crippen LogP contribution in [0.1, 0.15) is 48.0 Å². The van der Waals surface area contributed by atoms with Crippen LogP contribution in [0.2, 0.25) is 0 Å². The van der Waals surface area contributed by atoms with E-state index in [2.05, 4.69) is 20.8 Å². The number of carbonyl (C=O) groups excluding carboxylic acids is 2. The highest BCUT2D eigenvalue weighted by atomic mass is 16.2. The summed E-state index contributed by atoms with van der Waals surface area (Å²) >= 11 is 0. The first-order valence-corrected chi connectivity index (χ1v) is 7.52. The van der Waals surface area contributed by atoms with Crippen molar-refractivity contribution in [3.05, 3.63) is 47.7 Å². The molecular weight excluding hydrogens is 292 g/mol. The van der Waals surface area contributed by atoms with Gasteiger partial charge in [-0.25, -0.2) is 0 Å². The van der Waals surface area contributed by atoms with Gasteiger partial charge in [0, 0.05) is 17.3 Å². The van der Waals surface area contributed by atoms with Crippen molar-refractivity contribution in [2.75, 3.05) is 5.32 Å². The number of carbonyl (C=O) groups is 2. The van der Waals surface area contributed by atoms with Crippen molar-refractivity contribution < 1.29 is 9.59 Å².